The Kier molecular flexibility index (Phi) is 4.71. The lowest BCUT2D eigenvalue weighted by atomic mass is 10.1. The van der Waals surface area contributed by atoms with Crippen LogP contribution in [0.5, 0.6) is 0 Å². The Bertz CT molecular complexity index is 964. The number of hydrogen-bond acceptors (Lipinski definition) is 4. The highest BCUT2D eigenvalue weighted by molar-refractivity contribution is 9.10. The molecule has 3 aromatic rings. The van der Waals surface area contributed by atoms with Gasteiger partial charge in [0.25, 0.3) is 5.56 Å². The zero-order valence-corrected chi connectivity index (χ0v) is 15.6. The monoisotopic (exact) mass is 405 g/mol. The van der Waals surface area contributed by atoms with E-state index < -0.39 is 0 Å². The topological polar surface area (TPSA) is 64.7 Å². The minimum atomic E-state index is -0.285. The van der Waals surface area contributed by atoms with Gasteiger partial charge in [-0.3, -0.25) is 4.79 Å². The Balaban J connectivity index is 1.89. The van der Waals surface area contributed by atoms with Crippen LogP contribution in [0.15, 0.2) is 45.9 Å². The molecule has 0 amide bonds. The molecule has 0 spiro atoms. The van der Waals surface area contributed by atoms with E-state index in [1.165, 1.54) is 16.8 Å². The van der Waals surface area contributed by atoms with Gasteiger partial charge in [0.2, 0.25) is 0 Å². The molecule has 0 saturated heterocycles. The summed E-state index contributed by atoms with van der Waals surface area (Å²) in [4.78, 5) is 12.0. The van der Waals surface area contributed by atoms with E-state index >= 15 is 0 Å². The van der Waals surface area contributed by atoms with Crippen molar-refractivity contribution in [3.05, 3.63) is 68.6 Å². The third kappa shape index (κ3) is 3.34. The fourth-order valence-electron chi connectivity index (χ4n) is 2.61. The van der Waals surface area contributed by atoms with Crippen molar-refractivity contribution in [2.75, 3.05) is 5.32 Å². The number of nitrogens with zero attached hydrogens (tertiary/aromatic N) is 4. The predicted molar refractivity (Wildman–Crippen MR) is 97.5 cm³/mol. The van der Waals surface area contributed by atoms with Crippen molar-refractivity contribution in [2.24, 2.45) is 7.05 Å². The predicted octanol–water partition coefficient (Wildman–Crippen LogP) is 3.35. The van der Waals surface area contributed by atoms with Gasteiger partial charge >= 0.3 is 0 Å². The minimum absolute atomic E-state index is 0.0978. The van der Waals surface area contributed by atoms with Crippen LogP contribution in [0.4, 0.5) is 10.1 Å². The zero-order valence-electron chi connectivity index (χ0n) is 14.0. The largest absolute Gasteiger partial charge is 0.376 e. The fourth-order valence-corrected chi connectivity index (χ4v) is 3.09. The highest BCUT2D eigenvalue weighted by Crippen LogP contribution is 2.26. The molecule has 1 N–H and O–H groups in total. The standard InChI is InChI=1S/C17H17BrFN5O/c1-10(22-15-9-20-23(3)17(25)16(15)18)14-8-21-24(11(14)2)13-6-4-12(19)5-7-13/h4-10,22H,1-3H3. The van der Waals surface area contributed by atoms with Gasteiger partial charge in [0.05, 0.1) is 29.8 Å². The summed E-state index contributed by atoms with van der Waals surface area (Å²) in [6.07, 6.45) is 3.36. The van der Waals surface area contributed by atoms with Crippen molar-refractivity contribution in [1.82, 2.24) is 19.6 Å². The van der Waals surface area contributed by atoms with Crippen molar-refractivity contribution in [1.29, 1.82) is 0 Å². The van der Waals surface area contributed by atoms with Crippen LogP contribution in [-0.4, -0.2) is 19.6 Å². The summed E-state index contributed by atoms with van der Waals surface area (Å²) >= 11 is 3.31. The summed E-state index contributed by atoms with van der Waals surface area (Å²) in [5.41, 5.74) is 3.09. The Hall–Kier alpha value is -2.48. The number of rotatable bonds is 4. The Morgan fingerprint density at radius 1 is 1.20 bits per heavy atom. The molecule has 6 nitrogen and oxygen atoms in total. The lowest BCUT2D eigenvalue weighted by Crippen LogP contribution is -2.22. The molecule has 0 aliphatic heterocycles. The highest BCUT2D eigenvalue weighted by atomic mass is 79.9. The van der Waals surface area contributed by atoms with Gasteiger partial charge in [-0.1, -0.05) is 0 Å². The van der Waals surface area contributed by atoms with Gasteiger partial charge in [0.15, 0.2) is 0 Å². The molecule has 8 heteroatoms. The van der Waals surface area contributed by atoms with Crippen molar-refractivity contribution in [3.63, 3.8) is 0 Å². The summed E-state index contributed by atoms with van der Waals surface area (Å²) in [5.74, 6) is -0.285. The van der Waals surface area contributed by atoms with Gasteiger partial charge in [-0.25, -0.2) is 13.8 Å². The second kappa shape index (κ2) is 6.79. The number of anilines is 1. The lowest BCUT2D eigenvalue weighted by Gasteiger charge is -2.16. The zero-order chi connectivity index (χ0) is 18.1. The molecule has 3 rings (SSSR count). The smallest absolute Gasteiger partial charge is 0.282 e. The van der Waals surface area contributed by atoms with E-state index in [0.717, 1.165) is 16.9 Å². The molecule has 0 aliphatic rings. The maximum atomic E-state index is 13.1. The molecule has 0 radical (unpaired) electrons. The molecule has 25 heavy (non-hydrogen) atoms. The van der Waals surface area contributed by atoms with Gasteiger partial charge in [-0.2, -0.15) is 10.2 Å². The van der Waals surface area contributed by atoms with Crippen LogP contribution >= 0.6 is 15.9 Å². The van der Waals surface area contributed by atoms with Gasteiger partial charge in [-0.05, 0) is 54.0 Å². The molecule has 1 aromatic carbocycles. The maximum absolute atomic E-state index is 13.1. The second-order valence-electron chi connectivity index (χ2n) is 5.74. The SMILES string of the molecule is Cc1c(C(C)Nc2cnn(C)c(=O)c2Br)cnn1-c1ccc(F)cc1. The summed E-state index contributed by atoms with van der Waals surface area (Å²) < 4.78 is 16.5. The van der Waals surface area contributed by atoms with Crippen LogP contribution in [0.1, 0.15) is 24.2 Å². The summed E-state index contributed by atoms with van der Waals surface area (Å²) in [7, 11) is 1.59. The van der Waals surface area contributed by atoms with Crippen molar-refractivity contribution in [3.8, 4) is 5.69 Å². The molecule has 1 atom stereocenters. The average Bonchev–Trinajstić information content (AvgIpc) is 2.98. The average molecular weight is 406 g/mol. The van der Waals surface area contributed by atoms with Crippen molar-refractivity contribution >= 4 is 21.6 Å². The number of hydrogen-bond donors (Lipinski definition) is 1. The van der Waals surface area contributed by atoms with Crippen LogP contribution in [-0.2, 0) is 7.05 Å². The number of benzene rings is 1. The normalized spacial score (nSPS) is 12.2. The fraction of sp³-hybridized carbons (Fsp3) is 0.235. The summed E-state index contributed by atoms with van der Waals surface area (Å²) in [6.45, 7) is 3.92. The van der Waals surface area contributed by atoms with E-state index in [0.29, 0.717) is 10.2 Å². The summed E-state index contributed by atoms with van der Waals surface area (Å²) in [5, 5.41) is 11.7. The lowest BCUT2D eigenvalue weighted by molar-refractivity contribution is 0.627. The van der Waals surface area contributed by atoms with Crippen LogP contribution in [0.3, 0.4) is 0 Å². The molecular formula is C17H17BrFN5O. The third-order valence-corrected chi connectivity index (χ3v) is 4.80. The molecule has 0 aliphatic carbocycles. The number of aryl methyl sites for hydroxylation is 1. The van der Waals surface area contributed by atoms with Crippen molar-refractivity contribution < 1.29 is 4.39 Å². The molecular weight excluding hydrogens is 389 g/mol. The molecule has 1 unspecified atom stereocenters. The quantitative estimate of drug-likeness (QED) is 0.722. The molecule has 2 aromatic heterocycles. The first-order chi connectivity index (χ1) is 11.9. The van der Waals surface area contributed by atoms with Gasteiger partial charge < -0.3 is 5.32 Å². The molecule has 2 heterocycles. The maximum Gasteiger partial charge on any atom is 0.282 e. The third-order valence-electron chi connectivity index (χ3n) is 4.04. The van der Waals surface area contributed by atoms with E-state index in [-0.39, 0.29) is 17.4 Å². The van der Waals surface area contributed by atoms with Gasteiger partial charge in [0, 0.05) is 18.3 Å². The van der Waals surface area contributed by atoms with Gasteiger partial charge in [-0.15, -0.1) is 0 Å². The summed E-state index contributed by atoms with van der Waals surface area (Å²) in [6, 6.07) is 6.07. The Morgan fingerprint density at radius 3 is 2.56 bits per heavy atom. The van der Waals surface area contributed by atoms with Crippen LogP contribution in [0.2, 0.25) is 0 Å². The number of aromatic nitrogens is 4. The highest BCUT2D eigenvalue weighted by Gasteiger charge is 2.16. The van der Waals surface area contributed by atoms with E-state index in [1.54, 1.807) is 36.3 Å². The molecule has 0 saturated carbocycles. The van der Waals surface area contributed by atoms with Crippen LogP contribution in [0.25, 0.3) is 5.69 Å². The minimum Gasteiger partial charge on any atom is -0.376 e. The Morgan fingerprint density at radius 2 is 1.88 bits per heavy atom. The first-order valence-corrected chi connectivity index (χ1v) is 8.46. The second-order valence-corrected chi connectivity index (χ2v) is 6.53. The van der Waals surface area contributed by atoms with E-state index in [9.17, 15) is 9.18 Å². The number of nitrogens with one attached hydrogen (secondary N) is 1. The number of halogens is 2. The van der Waals surface area contributed by atoms with E-state index in [4.69, 9.17) is 0 Å². The van der Waals surface area contributed by atoms with Gasteiger partial charge in [0.1, 0.15) is 10.3 Å². The molecule has 0 bridgehead atoms. The molecule has 130 valence electrons. The first-order valence-electron chi connectivity index (χ1n) is 7.67. The first kappa shape index (κ1) is 17.3. The van der Waals surface area contributed by atoms with Crippen LogP contribution < -0.4 is 10.9 Å². The van der Waals surface area contributed by atoms with E-state index in [2.05, 4.69) is 31.4 Å². The van der Waals surface area contributed by atoms with Crippen LogP contribution in [0, 0.1) is 12.7 Å². The molecule has 0 fully saturated rings. The van der Waals surface area contributed by atoms with E-state index in [1.807, 2.05) is 13.8 Å². The Labute approximate surface area is 152 Å². The van der Waals surface area contributed by atoms with Crippen molar-refractivity contribution in [2.45, 2.75) is 19.9 Å².